The molecule has 148 valence electrons. The van der Waals surface area contributed by atoms with Gasteiger partial charge in [-0.25, -0.2) is 0 Å². The molecule has 0 saturated heterocycles. The Morgan fingerprint density at radius 3 is 2.38 bits per heavy atom. The van der Waals surface area contributed by atoms with Gasteiger partial charge >= 0.3 is 0 Å². The third kappa shape index (κ3) is 3.78. The summed E-state index contributed by atoms with van der Waals surface area (Å²) in [6.07, 6.45) is 0. The van der Waals surface area contributed by atoms with Crippen LogP contribution in [0, 0.1) is 18.6 Å². The Balaban J connectivity index is 1.63. The molecule has 0 bridgehead atoms. The molecule has 1 N–H and O–H groups in total. The van der Waals surface area contributed by atoms with Crippen molar-refractivity contribution < 1.29 is 0 Å². The lowest BCUT2D eigenvalue weighted by atomic mass is 10.1. The Morgan fingerprint density at radius 2 is 1.76 bits per heavy atom. The minimum Gasteiger partial charge on any atom is -0.293 e. The molecule has 29 heavy (non-hydrogen) atoms. The van der Waals surface area contributed by atoms with E-state index in [4.69, 9.17) is 23.8 Å². The molecule has 0 fully saturated rings. The zero-order valence-electron chi connectivity index (χ0n) is 16.6. The largest absolute Gasteiger partial charge is 0.293 e. The number of aryl methyl sites for hydroxylation is 1. The molecular formula is C22H22ClN5S. The Kier molecular flexibility index (Phi) is 5.39. The molecule has 4 aromatic rings. The van der Waals surface area contributed by atoms with Crippen LogP contribution in [0.1, 0.15) is 35.5 Å². The summed E-state index contributed by atoms with van der Waals surface area (Å²) in [5, 5.41) is 12.7. The van der Waals surface area contributed by atoms with Gasteiger partial charge in [0.1, 0.15) is 0 Å². The second-order valence-corrected chi connectivity index (χ2v) is 7.91. The highest BCUT2D eigenvalue weighted by Gasteiger charge is 2.16. The van der Waals surface area contributed by atoms with Crippen LogP contribution in [0.2, 0.25) is 5.02 Å². The first kappa shape index (κ1) is 19.6. The van der Waals surface area contributed by atoms with Crippen LogP contribution < -0.4 is 0 Å². The van der Waals surface area contributed by atoms with E-state index in [9.17, 15) is 0 Å². The van der Waals surface area contributed by atoms with Crippen molar-refractivity contribution in [3.63, 3.8) is 0 Å². The van der Waals surface area contributed by atoms with E-state index in [0.717, 1.165) is 33.4 Å². The average Bonchev–Trinajstić information content (AvgIpc) is 3.24. The molecular weight excluding hydrogens is 402 g/mol. The SMILES string of the molecule is Cc1nn(Cc2ccc(-c3n[nH]c(=S)n3C(C)c3ccccc3)cc2)c(C)c1Cl. The van der Waals surface area contributed by atoms with Gasteiger partial charge in [0.25, 0.3) is 0 Å². The molecule has 0 saturated carbocycles. The van der Waals surface area contributed by atoms with Crippen molar-refractivity contribution in [1.82, 2.24) is 24.5 Å². The van der Waals surface area contributed by atoms with Gasteiger partial charge in [0, 0.05) is 5.56 Å². The fraction of sp³-hybridized carbons (Fsp3) is 0.227. The van der Waals surface area contributed by atoms with Crippen LogP contribution in [0.5, 0.6) is 0 Å². The smallest absolute Gasteiger partial charge is 0.196 e. The molecule has 4 rings (SSSR count). The van der Waals surface area contributed by atoms with Gasteiger partial charge < -0.3 is 0 Å². The zero-order chi connectivity index (χ0) is 20.5. The monoisotopic (exact) mass is 423 g/mol. The zero-order valence-corrected chi connectivity index (χ0v) is 18.1. The Bertz CT molecular complexity index is 1190. The second-order valence-electron chi connectivity index (χ2n) is 7.15. The minimum absolute atomic E-state index is 0.0777. The van der Waals surface area contributed by atoms with Crippen LogP contribution in [-0.4, -0.2) is 24.5 Å². The fourth-order valence-electron chi connectivity index (χ4n) is 3.51. The highest BCUT2D eigenvalue weighted by Crippen LogP contribution is 2.26. The van der Waals surface area contributed by atoms with Crippen LogP contribution in [0.25, 0.3) is 11.4 Å². The van der Waals surface area contributed by atoms with E-state index in [1.54, 1.807) is 0 Å². The number of nitrogens with zero attached hydrogens (tertiary/aromatic N) is 4. The number of rotatable bonds is 5. The third-order valence-electron chi connectivity index (χ3n) is 5.21. The predicted molar refractivity (Wildman–Crippen MR) is 119 cm³/mol. The topological polar surface area (TPSA) is 51.4 Å². The number of halogens is 1. The molecule has 0 aliphatic rings. The van der Waals surface area contributed by atoms with Gasteiger partial charge in [-0.15, -0.1) is 0 Å². The third-order valence-corrected chi connectivity index (χ3v) is 6.05. The van der Waals surface area contributed by atoms with E-state index >= 15 is 0 Å². The van der Waals surface area contributed by atoms with Crippen molar-refractivity contribution >= 4 is 23.8 Å². The summed E-state index contributed by atoms with van der Waals surface area (Å²) in [6.45, 7) is 6.71. The van der Waals surface area contributed by atoms with Crippen molar-refractivity contribution in [3.8, 4) is 11.4 Å². The van der Waals surface area contributed by atoms with Gasteiger partial charge in [0.05, 0.1) is 29.0 Å². The van der Waals surface area contributed by atoms with Crippen LogP contribution in [-0.2, 0) is 6.54 Å². The molecule has 2 heterocycles. The van der Waals surface area contributed by atoms with Crippen molar-refractivity contribution in [2.24, 2.45) is 0 Å². The van der Waals surface area contributed by atoms with E-state index in [1.807, 2.05) is 36.7 Å². The molecule has 5 nitrogen and oxygen atoms in total. The van der Waals surface area contributed by atoms with E-state index in [1.165, 1.54) is 5.56 Å². The summed E-state index contributed by atoms with van der Waals surface area (Å²) in [5.74, 6) is 0.826. The number of hydrogen-bond acceptors (Lipinski definition) is 3. The van der Waals surface area contributed by atoms with Crippen molar-refractivity contribution in [3.05, 3.63) is 86.9 Å². The van der Waals surface area contributed by atoms with Gasteiger partial charge in [0.2, 0.25) is 0 Å². The van der Waals surface area contributed by atoms with Crippen LogP contribution in [0.4, 0.5) is 0 Å². The highest BCUT2D eigenvalue weighted by atomic mass is 35.5. The molecule has 0 amide bonds. The van der Waals surface area contributed by atoms with Gasteiger partial charge in [-0.3, -0.25) is 14.3 Å². The van der Waals surface area contributed by atoms with Gasteiger partial charge in [-0.05, 0) is 44.1 Å². The molecule has 0 spiro atoms. The molecule has 0 aliphatic heterocycles. The summed E-state index contributed by atoms with van der Waals surface area (Å²) in [4.78, 5) is 0. The van der Waals surface area contributed by atoms with E-state index in [-0.39, 0.29) is 6.04 Å². The molecule has 2 aromatic carbocycles. The Labute approximate surface area is 180 Å². The lowest BCUT2D eigenvalue weighted by molar-refractivity contribution is 0.635. The first-order valence-corrected chi connectivity index (χ1v) is 10.2. The van der Waals surface area contributed by atoms with E-state index in [2.05, 4.69) is 63.2 Å². The Hall–Kier alpha value is -2.70. The number of aromatic amines is 1. The van der Waals surface area contributed by atoms with Crippen LogP contribution >= 0.6 is 23.8 Å². The van der Waals surface area contributed by atoms with E-state index in [0.29, 0.717) is 11.3 Å². The van der Waals surface area contributed by atoms with Gasteiger partial charge in [-0.1, -0.05) is 66.2 Å². The Morgan fingerprint density at radius 1 is 1.07 bits per heavy atom. The predicted octanol–water partition coefficient (Wildman–Crippen LogP) is 5.73. The maximum absolute atomic E-state index is 6.26. The number of hydrogen-bond donors (Lipinski definition) is 1. The van der Waals surface area contributed by atoms with Crippen LogP contribution in [0.3, 0.4) is 0 Å². The summed E-state index contributed by atoms with van der Waals surface area (Å²) in [7, 11) is 0. The van der Waals surface area contributed by atoms with Crippen molar-refractivity contribution in [2.75, 3.05) is 0 Å². The molecule has 2 aromatic heterocycles. The van der Waals surface area contributed by atoms with Crippen molar-refractivity contribution in [1.29, 1.82) is 0 Å². The lowest BCUT2D eigenvalue weighted by Gasteiger charge is -2.16. The maximum Gasteiger partial charge on any atom is 0.196 e. The van der Waals surface area contributed by atoms with E-state index < -0.39 is 0 Å². The summed E-state index contributed by atoms with van der Waals surface area (Å²) in [6, 6.07) is 18.7. The highest BCUT2D eigenvalue weighted by molar-refractivity contribution is 7.71. The van der Waals surface area contributed by atoms with Crippen molar-refractivity contribution in [2.45, 2.75) is 33.4 Å². The number of benzene rings is 2. The van der Waals surface area contributed by atoms with Gasteiger partial charge in [-0.2, -0.15) is 10.2 Å². The molecule has 1 unspecified atom stereocenters. The number of H-pyrrole nitrogens is 1. The summed E-state index contributed by atoms with van der Waals surface area (Å²) >= 11 is 11.8. The quantitative estimate of drug-likeness (QED) is 0.417. The lowest BCUT2D eigenvalue weighted by Crippen LogP contribution is -2.09. The first-order valence-electron chi connectivity index (χ1n) is 9.46. The normalized spacial score (nSPS) is 12.3. The molecule has 1 atom stereocenters. The van der Waals surface area contributed by atoms with Gasteiger partial charge in [0.15, 0.2) is 10.6 Å². The fourth-order valence-corrected chi connectivity index (χ4v) is 3.94. The molecule has 0 radical (unpaired) electrons. The first-order chi connectivity index (χ1) is 14.0. The number of nitrogens with one attached hydrogen (secondary N) is 1. The number of aromatic nitrogens is 5. The average molecular weight is 424 g/mol. The molecule has 7 heteroatoms. The maximum atomic E-state index is 6.26. The summed E-state index contributed by atoms with van der Waals surface area (Å²) in [5.41, 5.74) is 5.17. The minimum atomic E-state index is 0.0777. The second kappa shape index (κ2) is 7.97. The molecule has 0 aliphatic carbocycles. The van der Waals surface area contributed by atoms with Crippen LogP contribution in [0.15, 0.2) is 54.6 Å². The summed E-state index contributed by atoms with van der Waals surface area (Å²) < 4.78 is 4.60. The standard InChI is InChI=1S/C22H22ClN5S/c1-14-20(23)16(3)27(26-14)13-17-9-11-19(12-10-17)21-24-25-22(29)28(21)15(2)18-7-5-4-6-8-18/h4-12,15H,13H2,1-3H3,(H,25,29).